The molecule has 0 saturated heterocycles. The number of rotatable bonds is 1. The van der Waals surface area contributed by atoms with Gasteiger partial charge in [0.25, 0.3) is 0 Å². The molecule has 0 bridgehead atoms. The molecule has 2 rings (SSSR count). The maximum absolute atomic E-state index is 5.55. The fraction of sp³-hybridized carbons (Fsp3) is 0.100. The number of hydrogen-bond acceptors (Lipinski definition) is 3. The molecule has 2 aromatic rings. The van der Waals surface area contributed by atoms with E-state index in [1.165, 1.54) is 0 Å². The topological polar surface area (TPSA) is 48.1 Å². The van der Waals surface area contributed by atoms with Crippen molar-refractivity contribution in [3.8, 4) is 5.75 Å². The summed E-state index contributed by atoms with van der Waals surface area (Å²) in [6.07, 6.45) is 0. The minimum atomic E-state index is 0. The lowest BCUT2D eigenvalue weighted by atomic mass is 10.2. The van der Waals surface area contributed by atoms with E-state index in [0.29, 0.717) is 5.82 Å². The third-order valence-corrected chi connectivity index (χ3v) is 1.92. The van der Waals surface area contributed by atoms with E-state index in [1.54, 1.807) is 13.2 Å². The molecular formula is C10H12Cl2N2O. The Morgan fingerprint density at radius 2 is 1.87 bits per heavy atom. The van der Waals surface area contributed by atoms with Crippen molar-refractivity contribution in [2.24, 2.45) is 0 Å². The molecule has 1 aromatic carbocycles. The summed E-state index contributed by atoms with van der Waals surface area (Å²) in [6.45, 7) is 0. The summed E-state index contributed by atoms with van der Waals surface area (Å²) in [6, 6.07) is 9.41. The Labute approximate surface area is 100 Å². The zero-order valence-corrected chi connectivity index (χ0v) is 9.77. The molecule has 0 aliphatic carbocycles. The lowest BCUT2D eigenvalue weighted by Crippen LogP contribution is -1.90. The lowest BCUT2D eigenvalue weighted by Gasteiger charge is -2.01. The molecule has 0 atom stereocenters. The van der Waals surface area contributed by atoms with Crippen molar-refractivity contribution in [1.29, 1.82) is 0 Å². The van der Waals surface area contributed by atoms with Gasteiger partial charge >= 0.3 is 0 Å². The highest BCUT2D eigenvalue weighted by Crippen LogP contribution is 2.19. The summed E-state index contributed by atoms with van der Waals surface area (Å²) in [5, 5.41) is 1.04. The van der Waals surface area contributed by atoms with E-state index in [-0.39, 0.29) is 24.8 Å². The van der Waals surface area contributed by atoms with Crippen molar-refractivity contribution in [3.05, 3.63) is 30.3 Å². The Balaban J connectivity index is 0.000000980. The van der Waals surface area contributed by atoms with Crippen LogP contribution in [0.5, 0.6) is 5.75 Å². The first kappa shape index (κ1) is 13.8. The third kappa shape index (κ3) is 2.88. The van der Waals surface area contributed by atoms with E-state index in [9.17, 15) is 0 Å². The second kappa shape index (κ2) is 5.63. The zero-order valence-electron chi connectivity index (χ0n) is 8.14. The molecule has 0 amide bonds. The Morgan fingerprint density at radius 1 is 1.13 bits per heavy atom. The quantitative estimate of drug-likeness (QED) is 0.842. The number of hydrogen-bond donors (Lipinski definition) is 1. The Hall–Kier alpha value is -1.19. The van der Waals surface area contributed by atoms with E-state index >= 15 is 0 Å². The monoisotopic (exact) mass is 246 g/mol. The first-order valence-electron chi connectivity index (χ1n) is 4.00. The minimum Gasteiger partial charge on any atom is -0.497 e. The van der Waals surface area contributed by atoms with Gasteiger partial charge < -0.3 is 10.5 Å². The van der Waals surface area contributed by atoms with Gasteiger partial charge in [0.05, 0.1) is 12.6 Å². The molecule has 1 aromatic heterocycles. The summed E-state index contributed by atoms with van der Waals surface area (Å²) in [5.41, 5.74) is 6.44. The average molecular weight is 247 g/mol. The van der Waals surface area contributed by atoms with Crippen molar-refractivity contribution >= 4 is 41.5 Å². The number of benzene rings is 1. The van der Waals surface area contributed by atoms with Crippen molar-refractivity contribution in [2.75, 3.05) is 12.8 Å². The fourth-order valence-electron chi connectivity index (χ4n) is 1.25. The summed E-state index contributed by atoms with van der Waals surface area (Å²) in [5.74, 6) is 1.37. The molecular weight excluding hydrogens is 235 g/mol. The number of methoxy groups -OCH3 is 1. The SMILES string of the molecule is COc1ccc2nc(N)ccc2c1.Cl.Cl. The van der Waals surface area contributed by atoms with Gasteiger partial charge in [-0.3, -0.25) is 0 Å². The van der Waals surface area contributed by atoms with Crippen molar-refractivity contribution in [3.63, 3.8) is 0 Å². The van der Waals surface area contributed by atoms with Crippen LogP contribution in [-0.4, -0.2) is 12.1 Å². The Bertz CT molecular complexity index is 448. The number of nitrogens with zero attached hydrogens (tertiary/aromatic N) is 1. The molecule has 0 aliphatic heterocycles. The predicted molar refractivity (Wildman–Crippen MR) is 67.2 cm³/mol. The van der Waals surface area contributed by atoms with Crippen LogP contribution in [0, 0.1) is 0 Å². The molecule has 0 saturated carbocycles. The van der Waals surface area contributed by atoms with Crippen LogP contribution < -0.4 is 10.5 Å². The van der Waals surface area contributed by atoms with E-state index in [2.05, 4.69) is 4.98 Å². The number of fused-ring (bicyclic) bond motifs is 1. The number of halogens is 2. The third-order valence-electron chi connectivity index (χ3n) is 1.92. The van der Waals surface area contributed by atoms with Gasteiger partial charge in [-0.2, -0.15) is 0 Å². The number of nitrogens with two attached hydrogens (primary N) is 1. The summed E-state index contributed by atoms with van der Waals surface area (Å²) >= 11 is 0. The van der Waals surface area contributed by atoms with E-state index < -0.39 is 0 Å². The second-order valence-electron chi connectivity index (χ2n) is 2.79. The van der Waals surface area contributed by atoms with Gasteiger partial charge in [-0.25, -0.2) is 4.98 Å². The molecule has 82 valence electrons. The zero-order chi connectivity index (χ0) is 9.26. The predicted octanol–water partition coefficient (Wildman–Crippen LogP) is 2.67. The van der Waals surface area contributed by atoms with Crippen LogP contribution in [0.4, 0.5) is 5.82 Å². The Morgan fingerprint density at radius 3 is 2.53 bits per heavy atom. The largest absolute Gasteiger partial charge is 0.497 e. The van der Waals surface area contributed by atoms with Crippen molar-refractivity contribution < 1.29 is 4.74 Å². The van der Waals surface area contributed by atoms with Gasteiger partial charge in [0.2, 0.25) is 0 Å². The number of nitrogen functional groups attached to an aromatic ring is 1. The molecule has 2 N–H and O–H groups in total. The van der Waals surface area contributed by atoms with Crippen LogP contribution in [0.15, 0.2) is 30.3 Å². The molecule has 0 unspecified atom stereocenters. The van der Waals surface area contributed by atoms with Gasteiger partial charge in [-0.15, -0.1) is 24.8 Å². The van der Waals surface area contributed by atoms with Crippen molar-refractivity contribution in [2.45, 2.75) is 0 Å². The second-order valence-corrected chi connectivity index (χ2v) is 2.79. The first-order valence-corrected chi connectivity index (χ1v) is 4.00. The maximum Gasteiger partial charge on any atom is 0.124 e. The molecule has 0 radical (unpaired) electrons. The van der Waals surface area contributed by atoms with Crippen LogP contribution in [-0.2, 0) is 0 Å². The maximum atomic E-state index is 5.55. The van der Waals surface area contributed by atoms with Gasteiger partial charge in [0, 0.05) is 5.39 Å². The normalized spacial score (nSPS) is 8.87. The van der Waals surface area contributed by atoms with Crippen LogP contribution >= 0.6 is 24.8 Å². The fourth-order valence-corrected chi connectivity index (χ4v) is 1.25. The minimum absolute atomic E-state index is 0. The first-order chi connectivity index (χ1) is 6.29. The molecule has 0 spiro atoms. The summed E-state index contributed by atoms with van der Waals surface area (Å²) < 4.78 is 5.09. The molecule has 0 fully saturated rings. The number of pyridine rings is 1. The smallest absolute Gasteiger partial charge is 0.124 e. The number of ether oxygens (including phenoxy) is 1. The van der Waals surface area contributed by atoms with Gasteiger partial charge in [-0.05, 0) is 30.3 Å². The van der Waals surface area contributed by atoms with Crippen molar-refractivity contribution in [1.82, 2.24) is 4.98 Å². The molecule has 5 heteroatoms. The van der Waals surface area contributed by atoms with Crippen LogP contribution in [0.25, 0.3) is 10.9 Å². The van der Waals surface area contributed by atoms with E-state index in [0.717, 1.165) is 16.7 Å². The van der Waals surface area contributed by atoms with Gasteiger partial charge in [0.15, 0.2) is 0 Å². The molecule has 0 aliphatic rings. The van der Waals surface area contributed by atoms with Gasteiger partial charge in [0.1, 0.15) is 11.6 Å². The number of aromatic nitrogens is 1. The molecule has 1 heterocycles. The van der Waals surface area contributed by atoms with E-state index in [1.807, 2.05) is 24.3 Å². The Kier molecular flexibility index (Phi) is 5.19. The highest BCUT2D eigenvalue weighted by molar-refractivity contribution is 5.85. The van der Waals surface area contributed by atoms with Crippen LogP contribution in [0.2, 0.25) is 0 Å². The van der Waals surface area contributed by atoms with E-state index in [4.69, 9.17) is 10.5 Å². The lowest BCUT2D eigenvalue weighted by molar-refractivity contribution is 0.415. The standard InChI is InChI=1S/C10H10N2O.2ClH/c1-13-8-3-4-9-7(6-8)2-5-10(11)12-9;;/h2-6H,1H3,(H2,11,12);2*1H. The molecule has 3 nitrogen and oxygen atoms in total. The highest BCUT2D eigenvalue weighted by Gasteiger charge is 1.97. The average Bonchev–Trinajstić information content (AvgIpc) is 2.17. The summed E-state index contributed by atoms with van der Waals surface area (Å²) in [7, 11) is 1.64. The number of anilines is 1. The van der Waals surface area contributed by atoms with Gasteiger partial charge in [-0.1, -0.05) is 0 Å². The molecule has 15 heavy (non-hydrogen) atoms. The summed E-state index contributed by atoms with van der Waals surface area (Å²) in [4.78, 5) is 4.17. The van der Waals surface area contributed by atoms with Crippen LogP contribution in [0.3, 0.4) is 0 Å². The highest BCUT2D eigenvalue weighted by atomic mass is 35.5. The van der Waals surface area contributed by atoms with Crippen LogP contribution in [0.1, 0.15) is 0 Å².